The van der Waals surface area contributed by atoms with E-state index in [-0.39, 0.29) is 18.5 Å². The van der Waals surface area contributed by atoms with E-state index in [4.69, 9.17) is 9.47 Å². The van der Waals surface area contributed by atoms with E-state index in [0.29, 0.717) is 19.6 Å². The predicted octanol–water partition coefficient (Wildman–Crippen LogP) is 3.23. The zero-order chi connectivity index (χ0) is 16.1. The van der Waals surface area contributed by atoms with Gasteiger partial charge in [0.15, 0.2) is 5.78 Å². The van der Waals surface area contributed by atoms with E-state index in [9.17, 15) is 13.6 Å². The molecule has 0 heterocycles. The van der Waals surface area contributed by atoms with Crippen molar-refractivity contribution in [1.29, 1.82) is 0 Å². The molecule has 0 aromatic rings. The van der Waals surface area contributed by atoms with Crippen LogP contribution in [0.4, 0.5) is 8.78 Å². The minimum absolute atomic E-state index is 0.185. The summed E-state index contributed by atoms with van der Waals surface area (Å²) in [5, 5.41) is 0. The van der Waals surface area contributed by atoms with Gasteiger partial charge in [0.2, 0.25) is 0 Å². The molecule has 0 aromatic carbocycles. The van der Waals surface area contributed by atoms with E-state index in [1.165, 1.54) is 0 Å². The molecule has 4 nitrogen and oxygen atoms in total. The minimum atomic E-state index is -3.05. The molecule has 0 radical (unpaired) electrons. The smallest absolute Gasteiger partial charge is 0.293 e. The second kappa shape index (κ2) is 12.0. The number of unbranched alkanes of at least 4 members (excludes halogenated alkanes) is 2. The first-order valence-corrected chi connectivity index (χ1v) is 7.54. The maximum absolute atomic E-state index is 13.3. The number of ether oxygens (including phenoxy) is 3. The van der Waals surface area contributed by atoms with Crippen LogP contribution in [-0.4, -0.2) is 50.8 Å². The molecule has 0 aliphatic heterocycles. The van der Waals surface area contributed by atoms with Gasteiger partial charge < -0.3 is 14.2 Å². The summed E-state index contributed by atoms with van der Waals surface area (Å²) in [5.74, 6) is -3.23. The molecular weight excluding hydrogens is 282 g/mol. The van der Waals surface area contributed by atoms with Gasteiger partial charge in [0.1, 0.15) is 19.8 Å². The molecule has 0 fully saturated rings. The van der Waals surface area contributed by atoms with Gasteiger partial charge in [0.25, 0.3) is 5.92 Å². The summed E-state index contributed by atoms with van der Waals surface area (Å²) in [6.45, 7) is 4.89. The lowest BCUT2D eigenvalue weighted by molar-refractivity contribution is -0.138. The van der Waals surface area contributed by atoms with Crippen molar-refractivity contribution in [3.8, 4) is 0 Å². The van der Waals surface area contributed by atoms with E-state index in [0.717, 1.165) is 19.3 Å². The Morgan fingerprint density at radius 1 is 1.05 bits per heavy atom. The number of hydrogen-bond donors (Lipinski definition) is 0. The molecule has 0 N–H and O–H groups in total. The quantitative estimate of drug-likeness (QED) is 0.462. The largest absolute Gasteiger partial charge is 0.379 e. The Bertz CT molecular complexity index is 270. The van der Waals surface area contributed by atoms with Gasteiger partial charge >= 0.3 is 0 Å². The number of Topliss-reactive ketones (excluding diaryl/α,β-unsaturated/α-hetero) is 1. The molecule has 0 spiro atoms. The van der Waals surface area contributed by atoms with Crippen LogP contribution in [0.3, 0.4) is 0 Å². The third kappa shape index (κ3) is 14.1. The highest BCUT2D eigenvalue weighted by Crippen LogP contribution is 2.14. The highest BCUT2D eigenvalue weighted by molar-refractivity contribution is 5.79. The molecule has 0 bridgehead atoms. The van der Waals surface area contributed by atoms with Crippen LogP contribution in [-0.2, 0) is 19.0 Å². The zero-order valence-electron chi connectivity index (χ0n) is 13.3. The Morgan fingerprint density at radius 2 is 1.67 bits per heavy atom. The van der Waals surface area contributed by atoms with Gasteiger partial charge in [0, 0.05) is 19.6 Å². The molecule has 21 heavy (non-hydrogen) atoms. The van der Waals surface area contributed by atoms with Gasteiger partial charge in [-0.25, -0.2) is 8.78 Å². The summed E-state index contributed by atoms with van der Waals surface area (Å²) in [5.41, 5.74) is 0. The summed E-state index contributed by atoms with van der Waals surface area (Å²) in [6.07, 6.45) is 3.04. The van der Waals surface area contributed by atoms with Crippen LogP contribution in [0.15, 0.2) is 0 Å². The molecule has 0 rings (SSSR count). The van der Waals surface area contributed by atoms with Crippen molar-refractivity contribution in [2.24, 2.45) is 0 Å². The van der Waals surface area contributed by atoms with Crippen molar-refractivity contribution in [3.63, 3.8) is 0 Å². The molecule has 0 unspecified atom stereocenters. The fourth-order valence-electron chi connectivity index (χ4n) is 1.48. The van der Waals surface area contributed by atoms with Gasteiger partial charge in [-0.3, -0.25) is 4.79 Å². The highest BCUT2D eigenvalue weighted by Gasteiger charge is 2.29. The Labute approximate surface area is 126 Å². The second-order valence-electron chi connectivity index (χ2n) is 5.27. The number of alkyl halides is 2. The van der Waals surface area contributed by atoms with Gasteiger partial charge in [0.05, 0.1) is 6.10 Å². The minimum Gasteiger partial charge on any atom is -0.379 e. The van der Waals surface area contributed by atoms with Crippen molar-refractivity contribution >= 4 is 5.78 Å². The van der Waals surface area contributed by atoms with Crippen LogP contribution in [0.1, 0.15) is 46.5 Å². The van der Waals surface area contributed by atoms with Crippen LogP contribution in [0.2, 0.25) is 0 Å². The lowest BCUT2D eigenvalue weighted by Gasteiger charge is -2.16. The summed E-state index contributed by atoms with van der Waals surface area (Å²) >= 11 is 0. The topological polar surface area (TPSA) is 44.8 Å². The Morgan fingerprint density at radius 3 is 2.29 bits per heavy atom. The Hall–Kier alpha value is -0.590. The molecule has 126 valence electrons. The van der Waals surface area contributed by atoms with Crippen molar-refractivity contribution in [3.05, 3.63) is 0 Å². The normalized spacial score (nSPS) is 12.1. The SMILES string of the molecule is CCC(=O)COCC(F)(F)COCCCCCOC(C)C. The zero-order valence-corrected chi connectivity index (χ0v) is 13.3. The van der Waals surface area contributed by atoms with Crippen molar-refractivity contribution in [2.75, 3.05) is 33.0 Å². The first-order valence-electron chi connectivity index (χ1n) is 7.54. The number of hydrogen-bond acceptors (Lipinski definition) is 4. The van der Waals surface area contributed by atoms with Crippen molar-refractivity contribution in [1.82, 2.24) is 0 Å². The number of halogens is 2. The average Bonchev–Trinajstić information content (AvgIpc) is 2.41. The number of rotatable bonds is 14. The molecule has 0 aliphatic rings. The van der Waals surface area contributed by atoms with Crippen LogP contribution < -0.4 is 0 Å². The lowest BCUT2D eigenvalue weighted by Crippen LogP contribution is -2.31. The molecular formula is C15H28F2O4. The molecule has 0 amide bonds. The summed E-state index contributed by atoms with van der Waals surface area (Å²) in [6, 6.07) is 0. The van der Waals surface area contributed by atoms with Crippen LogP contribution in [0.5, 0.6) is 0 Å². The number of ketones is 1. The molecule has 0 saturated heterocycles. The first kappa shape index (κ1) is 20.4. The molecule has 0 saturated carbocycles. The molecule has 6 heteroatoms. The molecule has 0 aliphatic carbocycles. The highest BCUT2D eigenvalue weighted by atomic mass is 19.3. The summed E-state index contributed by atoms with van der Waals surface area (Å²) in [4.78, 5) is 10.9. The van der Waals surface area contributed by atoms with E-state index in [1.54, 1.807) is 6.92 Å². The van der Waals surface area contributed by atoms with Gasteiger partial charge in [-0.1, -0.05) is 6.92 Å². The first-order chi connectivity index (χ1) is 9.87. The second-order valence-corrected chi connectivity index (χ2v) is 5.27. The monoisotopic (exact) mass is 310 g/mol. The van der Waals surface area contributed by atoms with E-state index in [2.05, 4.69) is 4.74 Å². The summed E-state index contributed by atoms with van der Waals surface area (Å²) < 4.78 is 41.6. The van der Waals surface area contributed by atoms with Gasteiger partial charge in [-0.2, -0.15) is 0 Å². The number of carbonyl (C=O) groups excluding carboxylic acids is 1. The molecule has 0 aromatic heterocycles. The average molecular weight is 310 g/mol. The van der Waals surface area contributed by atoms with Crippen molar-refractivity contribution in [2.45, 2.75) is 58.5 Å². The lowest BCUT2D eigenvalue weighted by atomic mass is 10.2. The fraction of sp³-hybridized carbons (Fsp3) is 0.933. The third-order valence-electron chi connectivity index (χ3n) is 2.67. The number of carbonyl (C=O) groups is 1. The van der Waals surface area contributed by atoms with Crippen molar-refractivity contribution < 1.29 is 27.8 Å². The van der Waals surface area contributed by atoms with Crippen LogP contribution in [0.25, 0.3) is 0 Å². The van der Waals surface area contributed by atoms with Crippen LogP contribution in [0, 0.1) is 0 Å². The third-order valence-corrected chi connectivity index (χ3v) is 2.67. The van der Waals surface area contributed by atoms with E-state index in [1.807, 2.05) is 13.8 Å². The summed E-state index contributed by atoms with van der Waals surface area (Å²) in [7, 11) is 0. The maximum Gasteiger partial charge on any atom is 0.293 e. The Kier molecular flexibility index (Phi) is 11.7. The Balaban J connectivity index is 3.46. The molecule has 0 atom stereocenters. The van der Waals surface area contributed by atoms with Crippen LogP contribution >= 0.6 is 0 Å². The predicted molar refractivity (Wildman–Crippen MR) is 76.8 cm³/mol. The van der Waals surface area contributed by atoms with E-state index < -0.39 is 19.1 Å². The van der Waals surface area contributed by atoms with Gasteiger partial charge in [-0.05, 0) is 33.1 Å². The van der Waals surface area contributed by atoms with Gasteiger partial charge in [-0.15, -0.1) is 0 Å². The standard InChI is InChI=1S/C15H28F2O4/c1-4-14(18)10-20-12-15(16,17)11-19-8-6-5-7-9-21-13(2)3/h13H,4-12H2,1-3H3. The van der Waals surface area contributed by atoms with E-state index >= 15 is 0 Å². The fourth-order valence-corrected chi connectivity index (χ4v) is 1.48. The maximum atomic E-state index is 13.3.